The molecule has 0 saturated carbocycles. The normalized spacial score (nSPS) is 13.5. The van der Waals surface area contributed by atoms with E-state index in [9.17, 15) is 5.11 Å². The molecule has 0 spiro atoms. The molecule has 20 heavy (non-hydrogen) atoms. The fourth-order valence-corrected chi connectivity index (χ4v) is 2.12. The maximum atomic E-state index is 9.28. The average molecular weight is 289 g/mol. The molecule has 0 aliphatic rings. The van der Waals surface area contributed by atoms with Gasteiger partial charge in [-0.15, -0.1) is 0 Å². The third-order valence-corrected chi connectivity index (χ3v) is 3.62. The smallest absolute Gasteiger partial charge is 0.0540 e. The molecule has 0 bridgehead atoms. The molecule has 2 unspecified atom stereocenters. The van der Waals surface area contributed by atoms with Gasteiger partial charge in [-0.25, -0.2) is 0 Å². The summed E-state index contributed by atoms with van der Waals surface area (Å²) in [5, 5.41) is 18.4. The van der Waals surface area contributed by atoms with Crippen molar-refractivity contribution < 1.29 is 10.2 Å². The molecule has 0 saturated heterocycles. The van der Waals surface area contributed by atoms with Crippen LogP contribution < -0.4 is 0 Å². The third kappa shape index (κ3) is 20.2. The minimum absolute atomic E-state index is 0.0310. The fourth-order valence-electron chi connectivity index (χ4n) is 2.12. The summed E-state index contributed by atoms with van der Waals surface area (Å²) in [4.78, 5) is 0. The Balaban J connectivity index is 0. The Morgan fingerprint density at radius 2 is 1.05 bits per heavy atom. The summed E-state index contributed by atoms with van der Waals surface area (Å²) in [7, 11) is 0. The maximum absolute atomic E-state index is 9.28. The van der Waals surface area contributed by atoms with Crippen LogP contribution in [-0.2, 0) is 0 Å². The molecule has 0 radical (unpaired) electrons. The zero-order valence-corrected chi connectivity index (χ0v) is 14.5. The predicted octanol–water partition coefficient (Wildman–Crippen LogP) is 5.46. The van der Waals surface area contributed by atoms with Gasteiger partial charge < -0.3 is 10.2 Å². The highest BCUT2D eigenvalue weighted by atomic mass is 16.3. The number of rotatable bonds is 12. The second-order valence-electron chi connectivity index (χ2n) is 5.85. The van der Waals surface area contributed by atoms with Crippen molar-refractivity contribution in [1.82, 2.24) is 0 Å². The highest BCUT2D eigenvalue weighted by molar-refractivity contribution is 4.54. The Kier molecular flexibility index (Phi) is 21.0. The zero-order chi connectivity index (χ0) is 15.6. The quantitative estimate of drug-likeness (QED) is 0.468. The molecule has 0 fully saturated rings. The zero-order valence-electron chi connectivity index (χ0n) is 14.5. The second-order valence-corrected chi connectivity index (χ2v) is 5.85. The minimum atomic E-state index is -0.0446. The average Bonchev–Trinajstić information content (AvgIpc) is 2.44. The van der Waals surface area contributed by atoms with Crippen LogP contribution in [0.1, 0.15) is 105 Å². The molecular formula is C18H40O2. The van der Waals surface area contributed by atoms with Gasteiger partial charge in [-0.3, -0.25) is 0 Å². The van der Waals surface area contributed by atoms with Gasteiger partial charge in [0.05, 0.1) is 12.2 Å². The van der Waals surface area contributed by atoms with Crippen molar-refractivity contribution in [3.63, 3.8) is 0 Å². The molecule has 0 aromatic rings. The molecule has 2 N–H and O–H groups in total. The van der Waals surface area contributed by atoms with E-state index in [1.807, 2.05) is 6.92 Å². The van der Waals surface area contributed by atoms with Crippen LogP contribution >= 0.6 is 0 Å². The van der Waals surface area contributed by atoms with Crippen molar-refractivity contribution in [2.75, 3.05) is 0 Å². The summed E-state index contributed by atoms with van der Waals surface area (Å²) in [6.45, 7) is 8.54. The summed E-state index contributed by atoms with van der Waals surface area (Å²) in [5.41, 5.74) is 0. The highest BCUT2D eigenvalue weighted by Crippen LogP contribution is 2.07. The summed E-state index contributed by atoms with van der Waals surface area (Å²) in [6.07, 6.45) is 13.7. The van der Waals surface area contributed by atoms with E-state index in [0.717, 1.165) is 32.1 Å². The standard InChI is InChI=1S/2C9H20O/c1-3-5-6-7-8-9(10)4-2;1-3-5-6-8-9(10)7-4-2/h2*9-10H,3-8H2,1-2H3. The Labute approximate surface area is 128 Å². The lowest BCUT2D eigenvalue weighted by molar-refractivity contribution is 0.150. The molecule has 0 amide bonds. The Bertz CT molecular complexity index is 159. The summed E-state index contributed by atoms with van der Waals surface area (Å²) in [6, 6.07) is 0. The van der Waals surface area contributed by atoms with E-state index in [2.05, 4.69) is 20.8 Å². The molecule has 0 aliphatic heterocycles. The van der Waals surface area contributed by atoms with Gasteiger partial charge in [0.2, 0.25) is 0 Å². The van der Waals surface area contributed by atoms with Gasteiger partial charge in [0.25, 0.3) is 0 Å². The van der Waals surface area contributed by atoms with Crippen LogP contribution in [-0.4, -0.2) is 22.4 Å². The predicted molar refractivity (Wildman–Crippen MR) is 90.1 cm³/mol. The molecule has 2 heteroatoms. The molecule has 124 valence electrons. The fraction of sp³-hybridized carbons (Fsp3) is 1.00. The monoisotopic (exact) mass is 288 g/mol. The van der Waals surface area contributed by atoms with Crippen molar-refractivity contribution in [2.45, 2.75) is 117 Å². The maximum Gasteiger partial charge on any atom is 0.0540 e. The van der Waals surface area contributed by atoms with Gasteiger partial charge in [0.15, 0.2) is 0 Å². The van der Waals surface area contributed by atoms with Crippen molar-refractivity contribution >= 4 is 0 Å². The van der Waals surface area contributed by atoms with E-state index < -0.39 is 0 Å². The van der Waals surface area contributed by atoms with Gasteiger partial charge in [-0.2, -0.15) is 0 Å². The summed E-state index contributed by atoms with van der Waals surface area (Å²) >= 11 is 0. The van der Waals surface area contributed by atoms with Crippen LogP contribution in [0.15, 0.2) is 0 Å². The Morgan fingerprint density at radius 1 is 0.550 bits per heavy atom. The van der Waals surface area contributed by atoms with Gasteiger partial charge in [0.1, 0.15) is 0 Å². The first kappa shape index (κ1) is 22.2. The van der Waals surface area contributed by atoms with Crippen molar-refractivity contribution in [2.24, 2.45) is 0 Å². The molecule has 0 heterocycles. The van der Waals surface area contributed by atoms with E-state index >= 15 is 0 Å². The van der Waals surface area contributed by atoms with E-state index in [-0.39, 0.29) is 12.2 Å². The summed E-state index contributed by atoms with van der Waals surface area (Å²) < 4.78 is 0. The van der Waals surface area contributed by atoms with Gasteiger partial charge in [0, 0.05) is 0 Å². The summed E-state index contributed by atoms with van der Waals surface area (Å²) in [5.74, 6) is 0. The van der Waals surface area contributed by atoms with Crippen LogP contribution in [0.2, 0.25) is 0 Å². The van der Waals surface area contributed by atoms with E-state index in [0.29, 0.717) is 0 Å². The molecule has 0 rings (SSSR count). The molecule has 0 aromatic carbocycles. The second kappa shape index (κ2) is 18.9. The lowest BCUT2D eigenvalue weighted by Gasteiger charge is -2.07. The van der Waals surface area contributed by atoms with Crippen molar-refractivity contribution in [3.05, 3.63) is 0 Å². The van der Waals surface area contributed by atoms with Crippen LogP contribution in [0, 0.1) is 0 Å². The number of hydrogen-bond donors (Lipinski definition) is 2. The van der Waals surface area contributed by atoms with Crippen LogP contribution in [0.3, 0.4) is 0 Å². The number of unbranched alkanes of at least 4 members (excludes halogenated alkanes) is 5. The third-order valence-electron chi connectivity index (χ3n) is 3.62. The van der Waals surface area contributed by atoms with Gasteiger partial charge >= 0.3 is 0 Å². The lowest BCUT2D eigenvalue weighted by Crippen LogP contribution is -2.04. The first-order valence-electron chi connectivity index (χ1n) is 8.98. The number of aliphatic hydroxyl groups excluding tert-OH is 2. The van der Waals surface area contributed by atoms with Gasteiger partial charge in [-0.1, -0.05) is 79.1 Å². The molecule has 2 atom stereocenters. The van der Waals surface area contributed by atoms with E-state index in [4.69, 9.17) is 5.11 Å². The number of hydrogen-bond acceptors (Lipinski definition) is 2. The topological polar surface area (TPSA) is 40.5 Å². The van der Waals surface area contributed by atoms with Crippen LogP contribution in [0.4, 0.5) is 0 Å². The van der Waals surface area contributed by atoms with E-state index in [1.165, 1.54) is 44.9 Å². The molecule has 2 nitrogen and oxygen atoms in total. The SMILES string of the molecule is CCCCCC(O)CCC.CCCCCCC(O)CC. The van der Waals surface area contributed by atoms with Crippen LogP contribution in [0.5, 0.6) is 0 Å². The lowest BCUT2D eigenvalue weighted by atomic mass is 10.1. The highest BCUT2D eigenvalue weighted by Gasteiger charge is 2.00. The minimum Gasteiger partial charge on any atom is -0.393 e. The van der Waals surface area contributed by atoms with E-state index in [1.54, 1.807) is 0 Å². The largest absolute Gasteiger partial charge is 0.393 e. The molecule has 0 aliphatic carbocycles. The number of aliphatic hydroxyl groups is 2. The van der Waals surface area contributed by atoms with Crippen LogP contribution in [0.25, 0.3) is 0 Å². The Hall–Kier alpha value is -0.0800. The van der Waals surface area contributed by atoms with Crippen molar-refractivity contribution in [3.8, 4) is 0 Å². The molecule has 0 aromatic heterocycles. The Morgan fingerprint density at radius 3 is 1.55 bits per heavy atom. The first-order chi connectivity index (χ1) is 9.62. The first-order valence-corrected chi connectivity index (χ1v) is 8.98. The molecular weight excluding hydrogens is 248 g/mol. The van der Waals surface area contributed by atoms with Gasteiger partial charge in [-0.05, 0) is 25.7 Å². The van der Waals surface area contributed by atoms with Crippen molar-refractivity contribution in [1.29, 1.82) is 0 Å².